The molecule has 10 heavy (non-hydrogen) atoms. The SMILES string of the molecule is C=C.CCCCNCCC. The third kappa shape index (κ3) is 15.6. The van der Waals surface area contributed by atoms with Crippen LogP contribution in [-0.2, 0) is 0 Å². The highest BCUT2D eigenvalue weighted by Gasteiger charge is 1.80. The molecule has 0 aliphatic rings. The molecule has 0 radical (unpaired) electrons. The standard InChI is InChI=1S/C7H17N.C2H4/c1-3-5-7-8-6-4-2;1-2/h8H,3-7H2,1-2H3;1-2H2. The molecule has 0 unspecified atom stereocenters. The zero-order valence-electron chi connectivity index (χ0n) is 7.45. The summed E-state index contributed by atoms with van der Waals surface area (Å²) in [5.74, 6) is 0. The van der Waals surface area contributed by atoms with E-state index in [0.29, 0.717) is 0 Å². The van der Waals surface area contributed by atoms with Crippen LogP contribution in [0.15, 0.2) is 13.2 Å². The molecule has 0 amide bonds. The predicted octanol–water partition coefficient (Wildman–Crippen LogP) is 2.59. The summed E-state index contributed by atoms with van der Waals surface area (Å²) in [6.45, 7) is 12.8. The van der Waals surface area contributed by atoms with Gasteiger partial charge in [0.2, 0.25) is 0 Å². The van der Waals surface area contributed by atoms with E-state index in [2.05, 4.69) is 32.3 Å². The van der Waals surface area contributed by atoms with E-state index in [-0.39, 0.29) is 0 Å². The highest BCUT2D eigenvalue weighted by Crippen LogP contribution is 1.81. The maximum absolute atomic E-state index is 3.34. The molecule has 0 heterocycles. The Morgan fingerprint density at radius 3 is 2.00 bits per heavy atom. The van der Waals surface area contributed by atoms with Crippen molar-refractivity contribution in [2.75, 3.05) is 13.1 Å². The first-order chi connectivity index (χ1) is 4.91. The van der Waals surface area contributed by atoms with E-state index < -0.39 is 0 Å². The minimum absolute atomic E-state index is 1.18. The fourth-order valence-corrected chi connectivity index (χ4v) is 0.604. The van der Waals surface area contributed by atoms with Crippen LogP contribution in [0.1, 0.15) is 33.1 Å². The van der Waals surface area contributed by atoms with E-state index in [1.54, 1.807) is 0 Å². The van der Waals surface area contributed by atoms with Crippen molar-refractivity contribution in [2.24, 2.45) is 0 Å². The summed E-state index contributed by atoms with van der Waals surface area (Å²) >= 11 is 0. The van der Waals surface area contributed by atoms with Gasteiger partial charge in [0, 0.05) is 0 Å². The smallest absolute Gasteiger partial charge is 0.00490 e. The molecule has 0 saturated carbocycles. The summed E-state index contributed by atoms with van der Waals surface area (Å²) in [5.41, 5.74) is 0. The minimum atomic E-state index is 1.18. The highest BCUT2D eigenvalue weighted by molar-refractivity contribution is 4.43. The minimum Gasteiger partial charge on any atom is -0.317 e. The van der Waals surface area contributed by atoms with Gasteiger partial charge >= 0.3 is 0 Å². The van der Waals surface area contributed by atoms with Crippen LogP contribution in [0.2, 0.25) is 0 Å². The first-order valence-electron chi connectivity index (χ1n) is 4.12. The Morgan fingerprint density at radius 2 is 1.60 bits per heavy atom. The molecule has 1 N–H and O–H groups in total. The van der Waals surface area contributed by atoms with Crippen LogP contribution in [0.25, 0.3) is 0 Å². The van der Waals surface area contributed by atoms with Gasteiger partial charge in [-0.15, -0.1) is 13.2 Å². The van der Waals surface area contributed by atoms with E-state index in [1.165, 1.54) is 32.4 Å². The molecule has 0 saturated heterocycles. The topological polar surface area (TPSA) is 12.0 Å². The normalized spacial score (nSPS) is 8.20. The Bertz CT molecular complexity index is 38.0. The Morgan fingerprint density at radius 1 is 1.00 bits per heavy atom. The van der Waals surface area contributed by atoms with Crippen molar-refractivity contribution < 1.29 is 0 Å². The van der Waals surface area contributed by atoms with Gasteiger partial charge in [-0.3, -0.25) is 0 Å². The van der Waals surface area contributed by atoms with Crippen molar-refractivity contribution in [1.82, 2.24) is 5.32 Å². The van der Waals surface area contributed by atoms with Crippen LogP contribution in [0.5, 0.6) is 0 Å². The van der Waals surface area contributed by atoms with Gasteiger partial charge in [0.1, 0.15) is 0 Å². The van der Waals surface area contributed by atoms with Crippen molar-refractivity contribution in [3.63, 3.8) is 0 Å². The van der Waals surface area contributed by atoms with Gasteiger partial charge in [-0.25, -0.2) is 0 Å². The molecule has 0 aromatic carbocycles. The number of unbranched alkanes of at least 4 members (excludes halogenated alkanes) is 1. The van der Waals surface area contributed by atoms with Crippen LogP contribution < -0.4 is 5.32 Å². The highest BCUT2D eigenvalue weighted by atomic mass is 14.8. The first kappa shape index (κ1) is 12.4. The summed E-state index contributed by atoms with van der Waals surface area (Å²) in [7, 11) is 0. The molecular weight excluding hydrogens is 122 g/mol. The number of rotatable bonds is 5. The zero-order valence-corrected chi connectivity index (χ0v) is 7.45. The van der Waals surface area contributed by atoms with Gasteiger partial charge in [-0.2, -0.15) is 0 Å². The average molecular weight is 143 g/mol. The molecule has 0 fully saturated rings. The van der Waals surface area contributed by atoms with Crippen molar-refractivity contribution in [1.29, 1.82) is 0 Å². The molecule has 0 aliphatic carbocycles. The lowest BCUT2D eigenvalue weighted by Gasteiger charge is -1.98. The van der Waals surface area contributed by atoms with Crippen LogP contribution >= 0.6 is 0 Å². The van der Waals surface area contributed by atoms with Crippen LogP contribution in [-0.4, -0.2) is 13.1 Å². The molecule has 0 aliphatic heterocycles. The second-order valence-corrected chi connectivity index (χ2v) is 2.10. The molecule has 0 spiro atoms. The second-order valence-electron chi connectivity index (χ2n) is 2.10. The first-order valence-corrected chi connectivity index (χ1v) is 4.12. The fourth-order valence-electron chi connectivity index (χ4n) is 0.604. The van der Waals surface area contributed by atoms with E-state index in [9.17, 15) is 0 Å². The lowest BCUT2D eigenvalue weighted by Crippen LogP contribution is -2.15. The zero-order chi connectivity index (χ0) is 8.24. The van der Waals surface area contributed by atoms with Gasteiger partial charge in [-0.05, 0) is 25.9 Å². The lowest BCUT2D eigenvalue weighted by molar-refractivity contribution is 0.633. The van der Waals surface area contributed by atoms with E-state index in [0.717, 1.165) is 0 Å². The number of nitrogens with one attached hydrogen (secondary N) is 1. The third-order valence-electron chi connectivity index (χ3n) is 1.13. The van der Waals surface area contributed by atoms with Crippen molar-refractivity contribution in [3.05, 3.63) is 13.2 Å². The van der Waals surface area contributed by atoms with E-state index in [4.69, 9.17) is 0 Å². The summed E-state index contributed by atoms with van der Waals surface area (Å²) in [5, 5.41) is 3.34. The second kappa shape index (κ2) is 15.9. The summed E-state index contributed by atoms with van der Waals surface area (Å²) in [4.78, 5) is 0. The lowest BCUT2D eigenvalue weighted by atomic mass is 10.3. The van der Waals surface area contributed by atoms with Gasteiger partial charge < -0.3 is 5.32 Å². The maximum Gasteiger partial charge on any atom is -0.00490 e. The molecule has 62 valence electrons. The number of hydrogen-bond acceptors (Lipinski definition) is 1. The molecule has 0 aromatic heterocycles. The quantitative estimate of drug-likeness (QED) is 0.461. The summed E-state index contributed by atoms with van der Waals surface area (Å²) in [6, 6.07) is 0. The molecule has 1 nitrogen and oxygen atoms in total. The molecule has 0 aromatic rings. The van der Waals surface area contributed by atoms with Crippen LogP contribution in [0.4, 0.5) is 0 Å². The van der Waals surface area contributed by atoms with Gasteiger partial charge in [0.15, 0.2) is 0 Å². The molecule has 0 atom stereocenters. The molecule has 0 rings (SSSR count). The van der Waals surface area contributed by atoms with Gasteiger partial charge in [-0.1, -0.05) is 20.3 Å². The summed E-state index contributed by atoms with van der Waals surface area (Å²) < 4.78 is 0. The van der Waals surface area contributed by atoms with Crippen molar-refractivity contribution in [2.45, 2.75) is 33.1 Å². The fraction of sp³-hybridized carbons (Fsp3) is 0.778. The van der Waals surface area contributed by atoms with Crippen LogP contribution in [0, 0.1) is 0 Å². The maximum atomic E-state index is 3.34. The molecule has 1 heteroatoms. The van der Waals surface area contributed by atoms with Gasteiger partial charge in [0.05, 0.1) is 0 Å². The third-order valence-corrected chi connectivity index (χ3v) is 1.13. The summed E-state index contributed by atoms with van der Waals surface area (Å²) in [6.07, 6.45) is 3.88. The Balaban J connectivity index is 0. The van der Waals surface area contributed by atoms with Crippen LogP contribution in [0.3, 0.4) is 0 Å². The van der Waals surface area contributed by atoms with Crippen molar-refractivity contribution >= 4 is 0 Å². The predicted molar refractivity (Wildman–Crippen MR) is 49.3 cm³/mol. The Labute approximate surface area is 65.5 Å². The largest absolute Gasteiger partial charge is 0.317 e. The van der Waals surface area contributed by atoms with Gasteiger partial charge in [0.25, 0.3) is 0 Å². The molecular formula is C9H21N. The monoisotopic (exact) mass is 143 g/mol. The van der Waals surface area contributed by atoms with E-state index in [1.807, 2.05) is 0 Å². The molecule has 0 bridgehead atoms. The van der Waals surface area contributed by atoms with Crippen molar-refractivity contribution in [3.8, 4) is 0 Å². The Kier molecular flexibility index (Phi) is 19.7. The average Bonchev–Trinajstić information content (AvgIpc) is 2.02. The number of hydrogen-bond donors (Lipinski definition) is 1. The van der Waals surface area contributed by atoms with E-state index >= 15 is 0 Å². The Hall–Kier alpha value is -0.300.